The standard InChI is InChI=1S/C36H33ClN4O/c1-26(40-25-32(38-39-40)14-8-9-23-42)27-17-21-33(22-18-27)41-35(29-10-4-2-5-11-29)24-34(28-15-19-31(37)20-16-28)36(41)30-12-6-3-7-13-30/h2-7,10-13,15-22,24-26,42H,8-9,14,23H2,1H3. The highest BCUT2D eigenvalue weighted by Gasteiger charge is 2.21. The predicted octanol–water partition coefficient (Wildman–Crippen LogP) is 8.65. The average Bonchev–Trinajstić information content (AvgIpc) is 3.68. The fourth-order valence-corrected chi connectivity index (χ4v) is 5.55. The van der Waals surface area contributed by atoms with Gasteiger partial charge in [0.15, 0.2) is 0 Å². The molecular weight excluding hydrogens is 540 g/mol. The van der Waals surface area contributed by atoms with E-state index in [1.165, 1.54) is 0 Å². The molecule has 210 valence electrons. The van der Waals surface area contributed by atoms with E-state index < -0.39 is 0 Å². The molecule has 0 radical (unpaired) electrons. The molecule has 6 aromatic rings. The third kappa shape index (κ3) is 5.80. The Morgan fingerprint density at radius 1 is 0.762 bits per heavy atom. The molecule has 6 rings (SSSR count). The number of unbranched alkanes of at least 4 members (excludes halogenated alkanes) is 1. The second-order valence-corrected chi connectivity index (χ2v) is 10.9. The van der Waals surface area contributed by atoms with E-state index in [-0.39, 0.29) is 12.6 Å². The van der Waals surface area contributed by atoms with Crippen molar-refractivity contribution >= 4 is 11.6 Å². The van der Waals surface area contributed by atoms with E-state index in [4.69, 9.17) is 16.7 Å². The first kappa shape index (κ1) is 27.7. The molecule has 1 atom stereocenters. The lowest BCUT2D eigenvalue weighted by atomic mass is 10.0. The van der Waals surface area contributed by atoms with E-state index in [1.54, 1.807) is 0 Å². The van der Waals surface area contributed by atoms with E-state index in [2.05, 4.69) is 119 Å². The zero-order chi connectivity index (χ0) is 28.9. The quantitative estimate of drug-likeness (QED) is 0.167. The first-order valence-electron chi connectivity index (χ1n) is 14.4. The smallest absolute Gasteiger partial charge is 0.0827 e. The van der Waals surface area contributed by atoms with Crippen molar-refractivity contribution < 1.29 is 5.11 Å². The van der Waals surface area contributed by atoms with Crippen molar-refractivity contribution in [2.45, 2.75) is 32.2 Å². The molecule has 0 fully saturated rings. The van der Waals surface area contributed by atoms with Gasteiger partial charge in [-0.3, -0.25) is 0 Å². The first-order chi connectivity index (χ1) is 20.6. The van der Waals surface area contributed by atoms with Gasteiger partial charge in [0.05, 0.1) is 23.1 Å². The van der Waals surface area contributed by atoms with Crippen LogP contribution in [0.25, 0.3) is 39.3 Å². The number of nitrogens with zero attached hydrogens (tertiary/aromatic N) is 4. The van der Waals surface area contributed by atoms with Gasteiger partial charge in [0.25, 0.3) is 0 Å². The minimum absolute atomic E-state index is 0.0367. The van der Waals surface area contributed by atoms with Crippen molar-refractivity contribution in [3.63, 3.8) is 0 Å². The molecule has 5 nitrogen and oxygen atoms in total. The number of aromatic nitrogens is 4. The molecule has 2 heterocycles. The summed E-state index contributed by atoms with van der Waals surface area (Å²) in [5, 5.41) is 18.5. The SMILES string of the molecule is CC(c1ccc(-n2c(-c3ccccc3)cc(-c3ccc(Cl)cc3)c2-c2ccccc2)cc1)n1cc(CCCCO)nn1. The number of hydrogen-bond acceptors (Lipinski definition) is 3. The number of halogens is 1. The first-order valence-corrected chi connectivity index (χ1v) is 14.7. The van der Waals surface area contributed by atoms with Gasteiger partial charge in [0.1, 0.15) is 0 Å². The molecule has 1 unspecified atom stereocenters. The molecule has 42 heavy (non-hydrogen) atoms. The molecule has 0 saturated heterocycles. The number of aryl methyl sites for hydroxylation is 1. The number of aliphatic hydroxyl groups excluding tert-OH is 1. The molecule has 0 amide bonds. The van der Waals surface area contributed by atoms with Crippen molar-refractivity contribution in [2.75, 3.05) is 6.61 Å². The van der Waals surface area contributed by atoms with Gasteiger partial charge < -0.3 is 9.67 Å². The second-order valence-electron chi connectivity index (χ2n) is 10.5. The molecule has 0 aliphatic rings. The van der Waals surface area contributed by atoms with Gasteiger partial charge in [-0.2, -0.15) is 0 Å². The monoisotopic (exact) mass is 572 g/mol. The fraction of sp³-hybridized carbons (Fsp3) is 0.167. The normalized spacial score (nSPS) is 12.0. The largest absolute Gasteiger partial charge is 0.396 e. The van der Waals surface area contributed by atoms with Crippen LogP contribution in [0.15, 0.2) is 121 Å². The Bertz CT molecular complexity index is 1740. The molecule has 0 bridgehead atoms. The molecule has 1 N–H and O–H groups in total. The minimum atomic E-state index is 0.0367. The Morgan fingerprint density at radius 3 is 2.10 bits per heavy atom. The molecule has 6 heteroatoms. The number of benzene rings is 4. The molecule has 4 aromatic carbocycles. The van der Waals surface area contributed by atoms with Gasteiger partial charge in [0.2, 0.25) is 0 Å². The van der Waals surface area contributed by atoms with Gasteiger partial charge in [-0.05, 0) is 78.8 Å². The van der Waals surface area contributed by atoms with Crippen molar-refractivity contribution in [3.05, 3.63) is 138 Å². The van der Waals surface area contributed by atoms with E-state index in [0.717, 1.165) is 74.9 Å². The molecule has 0 spiro atoms. The maximum Gasteiger partial charge on any atom is 0.0827 e. The van der Waals surface area contributed by atoms with Crippen molar-refractivity contribution in [1.82, 2.24) is 19.6 Å². The van der Waals surface area contributed by atoms with Crippen molar-refractivity contribution in [3.8, 4) is 39.3 Å². The highest BCUT2D eigenvalue weighted by atomic mass is 35.5. The summed E-state index contributed by atoms with van der Waals surface area (Å²) in [7, 11) is 0. The maximum absolute atomic E-state index is 9.08. The summed E-state index contributed by atoms with van der Waals surface area (Å²) in [5.41, 5.74) is 9.96. The minimum Gasteiger partial charge on any atom is -0.396 e. The van der Waals surface area contributed by atoms with Gasteiger partial charge in [0, 0.05) is 29.1 Å². The number of hydrogen-bond donors (Lipinski definition) is 1. The van der Waals surface area contributed by atoms with Crippen LogP contribution in [0.3, 0.4) is 0 Å². The second kappa shape index (κ2) is 12.6. The molecular formula is C36H33ClN4O. The van der Waals surface area contributed by atoms with Crippen LogP contribution in [0.2, 0.25) is 5.02 Å². The van der Waals surface area contributed by atoms with Gasteiger partial charge in [-0.15, -0.1) is 5.10 Å². The van der Waals surface area contributed by atoms with Crippen LogP contribution < -0.4 is 0 Å². The summed E-state index contributed by atoms with van der Waals surface area (Å²) in [6, 6.07) is 40.2. The number of aliphatic hydroxyl groups is 1. The Kier molecular flexibility index (Phi) is 8.31. The van der Waals surface area contributed by atoms with Crippen LogP contribution in [-0.4, -0.2) is 31.3 Å². The molecule has 0 aliphatic carbocycles. The van der Waals surface area contributed by atoms with E-state index >= 15 is 0 Å². The van der Waals surface area contributed by atoms with Gasteiger partial charge >= 0.3 is 0 Å². The van der Waals surface area contributed by atoms with E-state index in [0.29, 0.717) is 0 Å². The van der Waals surface area contributed by atoms with Crippen LogP contribution in [0.4, 0.5) is 0 Å². The maximum atomic E-state index is 9.08. The fourth-order valence-electron chi connectivity index (χ4n) is 5.42. The van der Waals surface area contributed by atoms with Crippen LogP contribution in [0.1, 0.15) is 37.1 Å². The van der Waals surface area contributed by atoms with Crippen LogP contribution >= 0.6 is 11.6 Å². The Labute approximate surface area is 251 Å². The van der Waals surface area contributed by atoms with Crippen LogP contribution in [-0.2, 0) is 6.42 Å². The predicted molar refractivity (Wildman–Crippen MR) is 171 cm³/mol. The van der Waals surface area contributed by atoms with Crippen molar-refractivity contribution in [1.29, 1.82) is 0 Å². The highest BCUT2D eigenvalue weighted by Crippen LogP contribution is 2.41. The third-order valence-corrected chi connectivity index (χ3v) is 7.95. The van der Waals surface area contributed by atoms with E-state index in [9.17, 15) is 0 Å². The van der Waals surface area contributed by atoms with Crippen LogP contribution in [0, 0.1) is 0 Å². The lowest BCUT2D eigenvalue weighted by Gasteiger charge is -2.17. The summed E-state index contributed by atoms with van der Waals surface area (Å²) in [4.78, 5) is 0. The molecule has 0 aliphatic heterocycles. The Hall–Kier alpha value is -4.45. The van der Waals surface area contributed by atoms with E-state index in [1.807, 2.05) is 29.1 Å². The topological polar surface area (TPSA) is 55.9 Å². The Balaban J connectivity index is 1.45. The zero-order valence-electron chi connectivity index (χ0n) is 23.6. The molecule has 0 saturated carbocycles. The average molecular weight is 573 g/mol. The summed E-state index contributed by atoms with van der Waals surface area (Å²) in [6.45, 7) is 2.34. The van der Waals surface area contributed by atoms with Gasteiger partial charge in [-0.25, -0.2) is 4.68 Å². The summed E-state index contributed by atoms with van der Waals surface area (Å²) in [6.07, 6.45) is 4.52. The highest BCUT2D eigenvalue weighted by molar-refractivity contribution is 6.30. The third-order valence-electron chi connectivity index (χ3n) is 7.70. The Morgan fingerprint density at radius 2 is 1.43 bits per heavy atom. The summed E-state index contributed by atoms with van der Waals surface area (Å²) in [5.74, 6) is 0. The lowest BCUT2D eigenvalue weighted by molar-refractivity contribution is 0.284. The van der Waals surface area contributed by atoms with Crippen molar-refractivity contribution in [2.24, 2.45) is 0 Å². The summed E-state index contributed by atoms with van der Waals surface area (Å²) < 4.78 is 4.28. The van der Waals surface area contributed by atoms with Gasteiger partial charge in [-0.1, -0.05) is 102 Å². The molecule has 2 aromatic heterocycles. The zero-order valence-corrected chi connectivity index (χ0v) is 24.3. The lowest BCUT2D eigenvalue weighted by Crippen LogP contribution is -2.08. The number of rotatable bonds is 10. The summed E-state index contributed by atoms with van der Waals surface area (Å²) >= 11 is 6.27. The van der Waals surface area contributed by atoms with Crippen LogP contribution in [0.5, 0.6) is 0 Å².